The van der Waals surface area contributed by atoms with Crippen LogP contribution in [0.15, 0.2) is 53.3 Å². The van der Waals surface area contributed by atoms with Gasteiger partial charge in [-0.3, -0.25) is 9.59 Å². The van der Waals surface area contributed by atoms with Gasteiger partial charge in [0.1, 0.15) is 5.69 Å². The molecular weight excluding hydrogens is 462 g/mol. The maximum Gasteiger partial charge on any atom is 0.252 e. The van der Waals surface area contributed by atoms with Crippen molar-refractivity contribution >= 4 is 22.8 Å². The molecule has 0 spiro atoms. The number of nitrogens with one attached hydrogen (secondary N) is 1. The van der Waals surface area contributed by atoms with Crippen molar-refractivity contribution in [2.24, 2.45) is 0 Å². The molecule has 6 rings (SSSR count). The molecule has 5 heterocycles. The number of ether oxygens (including phenoxy) is 2. The Morgan fingerprint density at radius 1 is 1.14 bits per heavy atom. The average Bonchev–Trinajstić information content (AvgIpc) is 3.69. The number of aromatic nitrogens is 3. The van der Waals surface area contributed by atoms with Gasteiger partial charge in [-0.05, 0) is 48.7 Å². The lowest BCUT2D eigenvalue weighted by Crippen LogP contribution is -2.30. The van der Waals surface area contributed by atoms with Gasteiger partial charge in [-0.2, -0.15) is 5.10 Å². The van der Waals surface area contributed by atoms with Crippen LogP contribution in [-0.2, 0) is 11.3 Å². The molecule has 4 aromatic rings. The first-order valence-corrected chi connectivity index (χ1v) is 12.0. The Hall–Kier alpha value is -4.34. The number of hydrogen-bond donors (Lipinski definition) is 1. The fourth-order valence-corrected chi connectivity index (χ4v) is 4.62. The summed E-state index contributed by atoms with van der Waals surface area (Å²) >= 11 is 0. The van der Waals surface area contributed by atoms with Crippen LogP contribution < -0.4 is 14.8 Å². The van der Waals surface area contributed by atoms with Crippen LogP contribution in [0.4, 0.5) is 0 Å². The van der Waals surface area contributed by atoms with Crippen LogP contribution in [-0.4, -0.2) is 57.9 Å². The molecule has 2 aliphatic rings. The van der Waals surface area contributed by atoms with Crippen molar-refractivity contribution < 1.29 is 23.5 Å². The lowest BCUT2D eigenvalue weighted by atomic mass is 10.1. The predicted octanol–water partition coefficient (Wildman–Crippen LogP) is 3.21. The Labute approximate surface area is 206 Å². The number of carbonyl (C=O) groups is 2. The van der Waals surface area contributed by atoms with E-state index in [1.165, 1.54) is 0 Å². The minimum Gasteiger partial charge on any atom is -0.463 e. The SMILES string of the molecule is O=C(NCCCN1CCCC1=O)c1cc(-c2ccco2)nc2c1cnn2Cc1ccc2c(c1)OCO2. The third-order valence-electron chi connectivity index (χ3n) is 6.46. The number of likely N-dealkylation sites (tertiary alicyclic amines) is 1. The smallest absolute Gasteiger partial charge is 0.252 e. The maximum absolute atomic E-state index is 13.2. The van der Waals surface area contributed by atoms with Crippen molar-refractivity contribution in [1.29, 1.82) is 0 Å². The van der Waals surface area contributed by atoms with Gasteiger partial charge in [0.05, 0.1) is 30.0 Å². The van der Waals surface area contributed by atoms with Crippen LogP contribution in [0.2, 0.25) is 0 Å². The predicted molar refractivity (Wildman–Crippen MR) is 130 cm³/mol. The Kier molecular flexibility index (Phi) is 5.76. The lowest BCUT2D eigenvalue weighted by Gasteiger charge is -2.15. The summed E-state index contributed by atoms with van der Waals surface area (Å²) in [5.74, 6) is 1.95. The summed E-state index contributed by atoms with van der Waals surface area (Å²) in [6.45, 7) is 2.57. The highest BCUT2D eigenvalue weighted by molar-refractivity contribution is 6.06. The van der Waals surface area contributed by atoms with Crippen molar-refractivity contribution in [2.75, 3.05) is 26.4 Å². The summed E-state index contributed by atoms with van der Waals surface area (Å²) in [6.07, 6.45) is 5.46. The zero-order valence-corrected chi connectivity index (χ0v) is 19.6. The van der Waals surface area contributed by atoms with Crippen molar-refractivity contribution in [3.63, 3.8) is 0 Å². The second-order valence-electron chi connectivity index (χ2n) is 8.85. The van der Waals surface area contributed by atoms with E-state index in [1.54, 1.807) is 35.3 Å². The van der Waals surface area contributed by atoms with Crippen molar-refractivity contribution in [3.8, 4) is 23.0 Å². The van der Waals surface area contributed by atoms with Crippen LogP contribution in [0.25, 0.3) is 22.5 Å². The van der Waals surface area contributed by atoms with E-state index in [-0.39, 0.29) is 18.6 Å². The van der Waals surface area contributed by atoms with E-state index in [9.17, 15) is 9.59 Å². The molecule has 0 radical (unpaired) electrons. The van der Waals surface area contributed by atoms with Gasteiger partial charge in [0.2, 0.25) is 12.7 Å². The minimum absolute atomic E-state index is 0.190. The molecule has 3 aromatic heterocycles. The maximum atomic E-state index is 13.2. The largest absolute Gasteiger partial charge is 0.463 e. The molecule has 0 saturated carbocycles. The van der Waals surface area contributed by atoms with Crippen molar-refractivity contribution in [1.82, 2.24) is 25.0 Å². The number of amides is 2. The number of benzene rings is 1. The van der Waals surface area contributed by atoms with Gasteiger partial charge in [0.25, 0.3) is 5.91 Å². The molecule has 10 nitrogen and oxygen atoms in total. The third kappa shape index (κ3) is 4.26. The number of hydrogen-bond acceptors (Lipinski definition) is 7. The van der Waals surface area contributed by atoms with E-state index in [0.29, 0.717) is 66.3 Å². The Balaban J connectivity index is 1.26. The van der Waals surface area contributed by atoms with Crippen LogP contribution in [0, 0.1) is 0 Å². The summed E-state index contributed by atoms with van der Waals surface area (Å²) < 4.78 is 18.2. The molecular formula is C26H25N5O5. The van der Waals surface area contributed by atoms with E-state index in [2.05, 4.69) is 10.4 Å². The lowest BCUT2D eigenvalue weighted by molar-refractivity contribution is -0.127. The Morgan fingerprint density at radius 3 is 2.89 bits per heavy atom. The van der Waals surface area contributed by atoms with E-state index in [4.69, 9.17) is 18.9 Å². The average molecular weight is 488 g/mol. The van der Waals surface area contributed by atoms with Crippen LogP contribution in [0.3, 0.4) is 0 Å². The molecule has 0 aliphatic carbocycles. The molecule has 1 aromatic carbocycles. The van der Waals surface area contributed by atoms with Gasteiger partial charge in [-0.25, -0.2) is 9.67 Å². The monoisotopic (exact) mass is 487 g/mol. The third-order valence-corrected chi connectivity index (χ3v) is 6.46. The van der Waals surface area contributed by atoms with Gasteiger partial charge < -0.3 is 24.1 Å². The summed E-state index contributed by atoms with van der Waals surface area (Å²) in [5, 5.41) is 8.17. The van der Waals surface area contributed by atoms with Gasteiger partial charge in [0, 0.05) is 26.1 Å². The molecule has 0 atom stereocenters. The van der Waals surface area contributed by atoms with E-state index in [1.807, 2.05) is 23.1 Å². The number of fused-ring (bicyclic) bond motifs is 2. The number of pyridine rings is 1. The molecule has 36 heavy (non-hydrogen) atoms. The second-order valence-corrected chi connectivity index (χ2v) is 8.85. The Morgan fingerprint density at radius 2 is 2.06 bits per heavy atom. The molecule has 10 heteroatoms. The number of rotatable bonds is 8. The van der Waals surface area contributed by atoms with Crippen molar-refractivity contribution in [3.05, 3.63) is 60.0 Å². The minimum atomic E-state index is -0.217. The normalized spacial score (nSPS) is 14.7. The number of carbonyl (C=O) groups excluding carboxylic acids is 2. The fraction of sp³-hybridized carbons (Fsp3) is 0.308. The molecule has 1 fully saturated rings. The molecule has 2 amide bonds. The van der Waals surface area contributed by atoms with E-state index >= 15 is 0 Å². The molecule has 2 aliphatic heterocycles. The first-order valence-electron chi connectivity index (χ1n) is 12.0. The molecule has 184 valence electrons. The molecule has 0 bridgehead atoms. The molecule has 1 saturated heterocycles. The van der Waals surface area contributed by atoms with E-state index < -0.39 is 0 Å². The van der Waals surface area contributed by atoms with E-state index in [0.717, 1.165) is 24.3 Å². The molecule has 0 unspecified atom stereocenters. The van der Waals surface area contributed by atoms with Gasteiger partial charge in [0.15, 0.2) is 22.9 Å². The second kappa shape index (κ2) is 9.37. The fourth-order valence-electron chi connectivity index (χ4n) is 4.62. The topological polar surface area (TPSA) is 112 Å². The quantitative estimate of drug-likeness (QED) is 0.380. The highest BCUT2D eigenvalue weighted by Gasteiger charge is 2.21. The van der Waals surface area contributed by atoms with Gasteiger partial charge in [-0.15, -0.1) is 0 Å². The number of furan rings is 1. The first kappa shape index (κ1) is 22.1. The van der Waals surface area contributed by atoms with Gasteiger partial charge >= 0.3 is 0 Å². The standard InChI is InChI=1S/C26H25N5O5/c32-24-5-1-9-30(24)10-3-8-27-26(33)18-13-20(21-4-2-11-34-21)29-25-19(18)14-28-31(25)15-17-6-7-22-23(12-17)36-16-35-22/h2,4,6-7,11-14H,1,3,5,8-10,15-16H2,(H,27,33). The summed E-state index contributed by atoms with van der Waals surface area (Å²) in [7, 11) is 0. The van der Waals surface area contributed by atoms with Crippen LogP contribution >= 0.6 is 0 Å². The van der Waals surface area contributed by atoms with Crippen LogP contribution in [0.1, 0.15) is 35.2 Å². The highest BCUT2D eigenvalue weighted by Crippen LogP contribution is 2.33. The van der Waals surface area contributed by atoms with Crippen molar-refractivity contribution in [2.45, 2.75) is 25.8 Å². The zero-order valence-electron chi connectivity index (χ0n) is 19.6. The van der Waals surface area contributed by atoms with Crippen LogP contribution in [0.5, 0.6) is 11.5 Å². The number of nitrogens with zero attached hydrogens (tertiary/aromatic N) is 4. The zero-order chi connectivity index (χ0) is 24.5. The summed E-state index contributed by atoms with van der Waals surface area (Å²) in [5.41, 5.74) is 2.57. The molecule has 1 N–H and O–H groups in total. The summed E-state index contributed by atoms with van der Waals surface area (Å²) in [4.78, 5) is 31.7. The summed E-state index contributed by atoms with van der Waals surface area (Å²) in [6, 6.07) is 11.1. The highest BCUT2D eigenvalue weighted by atomic mass is 16.7. The van der Waals surface area contributed by atoms with Gasteiger partial charge in [-0.1, -0.05) is 6.07 Å². The Bertz CT molecular complexity index is 1430. The first-order chi connectivity index (χ1) is 17.7.